The second kappa shape index (κ2) is 49.7. The van der Waals surface area contributed by atoms with E-state index < -0.39 is 0 Å². The molecule has 0 aliphatic carbocycles. The zero-order chi connectivity index (χ0) is 77.9. The van der Waals surface area contributed by atoms with Crippen molar-refractivity contribution >= 4 is 22.7 Å². The monoisotopic (exact) mass is 1480 g/mol. The molecule has 103 heavy (non-hydrogen) atoms. The van der Waals surface area contributed by atoms with Gasteiger partial charge in [-0.05, 0) is 41.4 Å². The highest BCUT2D eigenvalue weighted by molar-refractivity contribution is 7.09. The molecule has 0 fully saturated rings. The number of thiazole rings is 2. The van der Waals surface area contributed by atoms with Crippen LogP contribution in [0.4, 0.5) is 0 Å². The molecule has 12 rings (SSSR count). The number of hydrogen-bond donors (Lipinski definition) is 11. The minimum absolute atomic E-state index is 0.0405. The molecule has 12 heterocycles. The van der Waals surface area contributed by atoms with E-state index >= 15 is 0 Å². The predicted molar refractivity (Wildman–Crippen MR) is 404 cm³/mol. The third-order valence-corrected chi connectivity index (χ3v) is 16.0. The van der Waals surface area contributed by atoms with Gasteiger partial charge in [-0.2, -0.15) is 51.4 Å². The quantitative estimate of drug-likeness (QED) is 0.0541. The highest BCUT2D eigenvalue weighted by atomic mass is 32.1. The Hall–Kier alpha value is -9.79. The van der Waals surface area contributed by atoms with Gasteiger partial charge in [-0.15, -0.1) is 0 Å². The topological polar surface area (TPSA) is 461 Å². The van der Waals surface area contributed by atoms with Gasteiger partial charge in [0, 0.05) is 112 Å². The number of oxazole rings is 3. The molecule has 33 heteroatoms. The minimum atomic E-state index is -0.376. The molecule has 0 unspecified atom stereocenters. The van der Waals surface area contributed by atoms with Crippen LogP contribution in [0.2, 0.25) is 0 Å². The summed E-state index contributed by atoms with van der Waals surface area (Å²) in [6, 6.07) is 2.93. The molecule has 0 aromatic carbocycles. The largest absolute Gasteiger partial charge is 0.416 e. The van der Waals surface area contributed by atoms with Gasteiger partial charge in [0.1, 0.15) is 28.8 Å². The van der Waals surface area contributed by atoms with Crippen molar-refractivity contribution in [2.45, 2.75) is 231 Å². The lowest BCUT2D eigenvalue weighted by molar-refractivity contribution is 0.367. The number of nitrogens with one attached hydrogen (secondary N) is 11. The molecule has 0 amide bonds. The minimum Gasteiger partial charge on any atom is -0.413 e. The molecule has 31 nitrogen and oxygen atoms in total. The summed E-state index contributed by atoms with van der Waals surface area (Å²) in [7, 11) is 0. The van der Waals surface area contributed by atoms with Crippen LogP contribution in [0.1, 0.15) is 293 Å². The number of azo groups is 1. The lowest BCUT2D eigenvalue weighted by atomic mass is 9.97. The summed E-state index contributed by atoms with van der Waals surface area (Å²) in [5.41, 5.74) is 4.10. The Bertz CT molecular complexity index is 3580. The van der Waals surface area contributed by atoms with Gasteiger partial charge in [0.05, 0.1) is 49.5 Å². The maximum Gasteiger partial charge on any atom is 0.416 e. The summed E-state index contributed by atoms with van der Waals surface area (Å²) in [6.45, 7) is 51.1. The number of aromatic nitrogens is 17. The van der Waals surface area contributed by atoms with Crippen LogP contribution in [0, 0.1) is 11.8 Å². The molecule has 0 bridgehead atoms. The summed E-state index contributed by atoms with van der Waals surface area (Å²) in [6.07, 6.45) is 18.9. The Kier molecular flexibility index (Phi) is 44.0. The van der Waals surface area contributed by atoms with Gasteiger partial charge in [0.2, 0.25) is 0 Å². The Labute approximate surface area is 608 Å². The zero-order valence-corrected chi connectivity index (χ0v) is 65.9. The Balaban J connectivity index is 0.000000562. The van der Waals surface area contributed by atoms with Crippen molar-refractivity contribution in [3.63, 3.8) is 0 Å². The lowest BCUT2D eigenvalue weighted by Gasteiger charge is -2.08. The van der Waals surface area contributed by atoms with Crippen LogP contribution in [0.3, 0.4) is 0 Å². The van der Waals surface area contributed by atoms with Gasteiger partial charge in [-0.1, -0.05) is 189 Å². The average molecular weight is 1480 g/mol. The average Bonchev–Trinajstić information content (AvgIpc) is 1.81. The molecule has 0 atom stereocenters. The summed E-state index contributed by atoms with van der Waals surface area (Å²) < 4.78 is 23.8. The van der Waals surface area contributed by atoms with Gasteiger partial charge < -0.3 is 42.2 Å². The third kappa shape index (κ3) is 40.4. The maximum atomic E-state index is 10.6. The molecule has 572 valence electrons. The first-order valence-corrected chi connectivity index (χ1v) is 35.8. The summed E-state index contributed by atoms with van der Waals surface area (Å²) >= 11 is 2.57. The first kappa shape index (κ1) is 91.2. The van der Waals surface area contributed by atoms with E-state index in [-0.39, 0.29) is 67.7 Å². The molecule has 0 saturated carbocycles. The van der Waals surface area contributed by atoms with Gasteiger partial charge >= 0.3 is 27.0 Å². The van der Waals surface area contributed by atoms with Crippen molar-refractivity contribution in [2.24, 2.45) is 22.1 Å². The van der Waals surface area contributed by atoms with E-state index in [1.165, 1.54) is 46.2 Å². The van der Waals surface area contributed by atoms with E-state index in [0.717, 1.165) is 46.1 Å². The van der Waals surface area contributed by atoms with Crippen molar-refractivity contribution in [1.82, 2.24) is 86.0 Å². The molecule has 0 spiro atoms. The second-order valence-electron chi connectivity index (χ2n) is 26.8. The zero-order valence-electron chi connectivity index (χ0n) is 64.2. The standard InChI is InChI=1S/2C6H10N2.C6H12N2.5C6H9NO2.2C6H9NOS.2C5H9N3/c2*1-5(2)6-3-7-4-8-6;1-5(2)6-3-7-8-4-6;3*1-4(2)5-3-7-6(8)9-5;2*1-4(2)5-3-6(8)7-9-5;2*1-4(2)5-3-7-6(8)9-5;2*1-4(2)5-3-6-8-7-5/h2*3-5H,1-2H3,(H,7,8);5-6H,3-4H2,1-2H3;7*3-4H,1-2H3,(H,7,8);2*3-4H,1-2H3,(H,6,7,8). The van der Waals surface area contributed by atoms with Crippen molar-refractivity contribution in [1.29, 1.82) is 0 Å². The molecule has 11 N–H and O–H groups in total. The summed E-state index contributed by atoms with van der Waals surface area (Å²) in [5, 5.41) is 32.5. The van der Waals surface area contributed by atoms with E-state index in [1.807, 2.05) is 81.6 Å². The fourth-order valence-corrected chi connectivity index (χ4v) is 8.38. The SMILES string of the molecule is CC(C)C1CN=NC1.CC(C)c1c[nH]c(=O)o1.CC(C)c1c[nH]c(=O)o1.CC(C)c1c[nH]c(=O)o1.CC(C)c1c[nH]c(=O)s1.CC(C)c1c[nH]c(=O)s1.CC(C)c1cc(=O)[nH]o1.CC(C)c1cc(=O)[nH]o1.CC(C)c1cn[nH]n1.CC(C)c1cn[nH]n1.CC(C)c1cnc[nH]1.CC(C)c1cnc[nH]1. The fourth-order valence-electron chi connectivity index (χ4n) is 7.01. The van der Waals surface area contributed by atoms with Gasteiger partial charge in [0.25, 0.3) is 11.1 Å². The number of aromatic amines is 11. The van der Waals surface area contributed by atoms with Crippen LogP contribution in [0.25, 0.3) is 0 Å². The van der Waals surface area contributed by atoms with Crippen molar-refractivity contribution in [2.75, 3.05) is 13.1 Å². The van der Waals surface area contributed by atoms with Crippen LogP contribution in [-0.2, 0) is 0 Å². The van der Waals surface area contributed by atoms with Crippen LogP contribution < -0.4 is 38.1 Å². The van der Waals surface area contributed by atoms with Crippen LogP contribution >= 0.6 is 22.7 Å². The Morgan fingerprint density at radius 1 is 0.369 bits per heavy atom. The molecule has 1 aliphatic heterocycles. The molecule has 1 aliphatic rings. The van der Waals surface area contributed by atoms with Crippen LogP contribution in [-0.4, -0.2) is 99.1 Å². The first-order chi connectivity index (χ1) is 48.4. The fraction of sp³-hybridized carbons (Fsp3) is 0.557. The number of hydrogen-bond acceptors (Lipinski definition) is 22. The molecular weight excluding hydrogens is 1360 g/mol. The maximum absolute atomic E-state index is 10.6. The van der Waals surface area contributed by atoms with Crippen LogP contribution in [0.15, 0.2) is 147 Å². The van der Waals surface area contributed by atoms with E-state index in [1.54, 1.807) is 56.0 Å². The van der Waals surface area contributed by atoms with E-state index in [9.17, 15) is 33.6 Å². The van der Waals surface area contributed by atoms with Gasteiger partial charge in [-0.25, -0.2) is 24.4 Å². The highest BCUT2D eigenvalue weighted by Crippen LogP contribution is 2.18. The predicted octanol–water partition coefficient (Wildman–Crippen LogP) is 15.2. The summed E-state index contributed by atoms with van der Waals surface area (Å²) in [5.74, 6) is 8.33. The second-order valence-corrected chi connectivity index (χ2v) is 28.9. The third-order valence-electron chi connectivity index (χ3n) is 13.8. The number of rotatable bonds is 12. The van der Waals surface area contributed by atoms with Crippen molar-refractivity contribution in [3.05, 3.63) is 214 Å². The smallest absolute Gasteiger partial charge is 0.413 e. The van der Waals surface area contributed by atoms with Crippen LogP contribution in [0.5, 0.6) is 0 Å². The summed E-state index contributed by atoms with van der Waals surface area (Å²) in [4.78, 5) is 102. The lowest BCUT2D eigenvalue weighted by Crippen LogP contribution is -2.10. The normalized spacial score (nSPS) is 11.3. The molecular formula is C70H113N19O12S2. The number of nitrogens with zero attached hydrogens (tertiary/aromatic N) is 8. The molecule has 11 aromatic rings. The van der Waals surface area contributed by atoms with E-state index in [4.69, 9.17) is 22.3 Å². The Morgan fingerprint density at radius 2 is 0.689 bits per heavy atom. The molecule has 0 saturated heterocycles. The van der Waals surface area contributed by atoms with Gasteiger partial charge in [-0.3, -0.25) is 34.1 Å². The first-order valence-electron chi connectivity index (χ1n) is 34.2. The molecule has 0 radical (unpaired) electrons. The molecule has 11 aromatic heterocycles. The number of H-pyrrole nitrogens is 11. The number of imidazole rings is 2. The van der Waals surface area contributed by atoms with Crippen molar-refractivity contribution < 1.29 is 22.3 Å². The van der Waals surface area contributed by atoms with Gasteiger partial charge in [0.15, 0.2) is 0 Å². The Morgan fingerprint density at radius 3 is 0.806 bits per heavy atom. The van der Waals surface area contributed by atoms with E-state index in [2.05, 4.69) is 193 Å². The van der Waals surface area contributed by atoms with E-state index in [0.29, 0.717) is 64.3 Å². The van der Waals surface area contributed by atoms with Crippen molar-refractivity contribution in [3.8, 4) is 0 Å². The highest BCUT2D eigenvalue weighted by Gasteiger charge is 2.16.